The third kappa shape index (κ3) is 1.79. The molecule has 0 radical (unpaired) electrons. The van der Waals surface area contributed by atoms with Crippen LogP contribution in [0, 0.1) is 11.7 Å². The summed E-state index contributed by atoms with van der Waals surface area (Å²) in [6.45, 7) is -0.259. The van der Waals surface area contributed by atoms with Gasteiger partial charge in [0.15, 0.2) is 0 Å². The van der Waals surface area contributed by atoms with Crippen molar-refractivity contribution in [3.8, 4) is 0 Å². The van der Waals surface area contributed by atoms with Crippen molar-refractivity contribution in [3.63, 3.8) is 0 Å². The van der Waals surface area contributed by atoms with Crippen LogP contribution in [0.2, 0.25) is 0 Å². The van der Waals surface area contributed by atoms with Crippen LogP contribution in [0.3, 0.4) is 0 Å². The molecule has 3 N–H and O–H groups in total. The van der Waals surface area contributed by atoms with Gasteiger partial charge in [-0.25, -0.2) is 4.39 Å². The van der Waals surface area contributed by atoms with Crippen LogP contribution in [0.1, 0.15) is 30.0 Å². The molecule has 1 aromatic rings. The molecule has 1 aromatic carbocycles. The van der Waals surface area contributed by atoms with Crippen LogP contribution in [0.4, 0.5) is 4.39 Å². The number of hydrogen-bond acceptors (Lipinski definition) is 2. The number of aliphatic hydroxyl groups is 1. The Hall–Kier alpha value is -0.930. The monoisotopic (exact) mass is 195 g/mol. The molecule has 0 spiro atoms. The van der Waals surface area contributed by atoms with E-state index in [4.69, 9.17) is 10.8 Å². The van der Waals surface area contributed by atoms with E-state index in [1.807, 2.05) is 0 Å². The Bertz CT molecular complexity index is 336. The highest BCUT2D eigenvalue weighted by Gasteiger charge is 2.29. The summed E-state index contributed by atoms with van der Waals surface area (Å²) in [7, 11) is 0. The summed E-state index contributed by atoms with van der Waals surface area (Å²) in [6.07, 6.45) is 2.29. The molecule has 0 amide bonds. The van der Waals surface area contributed by atoms with Gasteiger partial charge in [0.05, 0.1) is 6.61 Å². The van der Waals surface area contributed by atoms with Crippen LogP contribution in [0.25, 0.3) is 0 Å². The zero-order chi connectivity index (χ0) is 10.1. The number of hydrogen-bond donors (Lipinski definition) is 2. The number of halogens is 1. The molecule has 0 bridgehead atoms. The van der Waals surface area contributed by atoms with Gasteiger partial charge in [-0.3, -0.25) is 0 Å². The first-order chi connectivity index (χ1) is 6.72. The quantitative estimate of drug-likeness (QED) is 0.771. The third-order valence-electron chi connectivity index (χ3n) is 2.76. The minimum Gasteiger partial charge on any atom is -0.392 e. The molecule has 14 heavy (non-hydrogen) atoms. The van der Waals surface area contributed by atoms with Gasteiger partial charge in [0, 0.05) is 11.6 Å². The number of aliphatic hydroxyl groups excluding tert-OH is 1. The Morgan fingerprint density at radius 1 is 1.50 bits per heavy atom. The molecule has 0 saturated heterocycles. The second-order valence-corrected chi connectivity index (χ2v) is 3.87. The van der Waals surface area contributed by atoms with E-state index in [9.17, 15) is 4.39 Å². The molecule has 1 atom stereocenters. The summed E-state index contributed by atoms with van der Waals surface area (Å²) >= 11 is 0. The molecule has 0 aliphatic heterocycles. The van der Waals surface area contributed by atoms with Crippen LogP contribution in [0.5, 0.6) is 0 Å². The van der Waals surface area contributed by atoms with Crippen molar-refractivity contribution in [1.29, 1.82) is 0 Å². The predicted molar refractivity (Wildman–Crippen MR) is 52.0 cm³/mol. The van der Waals surface area contributed by atoms with Crippen molar-refractivity contribution in [3.05, 3.63) is 35.1 Å². The molecular formula is C11H14FNO. The fraction of sp³-hybridized carbons (Fsp3) is 0.455. The molecule has 0 aromatic heterocycles. The van der Waals surface area contributed by atoms with Gasteiger partial charge in [0.1, 0.15) is 5.82 Å². The van der Waals surface area contributed by atoms with Crippen molar-refractivity contribution in [1.82, 2.24) is 0 Å². The van der Waals surface area contributed by atoms with E-state index in [0.29, 0.717) is 11.5 Å². The molecule has 1 unspecified atom stereocenters. The largest absolute Gasteiger partial charge is 0.392 e. The van der Waals surface area contributed by atoms with Crippen molar-refractivity contribution in [2.24, 2.45) is 11.7 Å². The SMILES string of the molecule is NC(c1ccc(CO)c(F)c1)C1CC1. The molecule has 76 valence electrons. The molecule has 2 rings (SSSR count). The maximum atomic E-state index is 13.3. The van der Waals surface area contributed by atoms with Gasteiger partial charge in [-0.05, 0) is 30.4 Å². The van der Waals surface area contributed by atoms with Gasteiger partial charge >= 0.3 is 0 Å². The van der Waals surface area contributed by atoms with E-state index in [2.05, 4.69) is 0 Å². The zero-order valence-electron chi connectivity index (χ0n) is 7.91. The van der Waals surface area contributed by atoms with E-state index >= 15 is 0 Å². The summed E-state index contributed by atoms with van der Waals surface area (Å²) in [5.41, 5.74) is 7.10. The average Bonchev–Trinajstić information content (AvgIpc) is 3.00. The molecule has 3 heteroatoms. The van der Waals surface area contributed by atoms with Crippen molar-refractivity contribution in [2.75, 3.05) is 0 Å². The predicted octanol–water partition coefficient (Wildman–Crippen LogP) is 1.73. The normalized spacial score (nSPS) is 18.2. The number of rotatable bonds is 3. The fourth-order valence-corrected chi connectivity index (χ4v) is 1.63. The minimum atomic E-state index is -0.360. The van der Waals surface area contributed by atoms with E-state index < -0.39 is 0 Å². The maximum Gasteiger partial charge on any atom is 0.129 e. The first kappa shape index (κ1) is 9.62. The second kappa shape index (κ2) is 3.67. The van der Waals surface area contributed by atoms with Crippen molar-refractivity contribution < 1.29 is 9.50 Å². The lowest BCUT2D eigenvalue weighted by atomic mass is 10.0. The molecule has 1 aliphatic carbocycles. The molecule has 2 nitrogen and oxygen atoms in total. The van der Waals surface area contributed by atoms with Crippen LogP contribution in [0.15, 0.2) is 18.2 Å². The number of nitrogens with two attached hydrogens (primary N) is 1. The summed E-state index contributed by atoms with van der Waals surface area (Å²) in [5.74, 6) is 0.162. The van der Waals surface area contributed by atoms with E-state index in [-0.39, 0.29) is 18.5 Å². The Morgan fingerprint density at radius 2 is 2.21 bits per heavy atom. The number of benzene rings is 1. The van der Waals surface area contributed by atoms with Gasteiger partial charge in [0.2, 0.25) is 0 Å². The standard InChI is InChI=1S/C11H14FNO/c12-10-5-8(3-4-9(10)6-14)11(13)7-1-2-7/h3-5,7,11,14H,1-2,6,13H2. The zero-order valence-corrected chi connectivity index (χ0v) is 7.91. The minimum absolute atomic E-state index is 0.0442. The average molecular weight is 195 g/mol. The highest BCUT2D eigenvalue weighted by molar-refractivity contribution is 5.27. The van der Waals surface area contributed by atoms with Crippen LogP contribution < -0.4 is 5.73 Å². The van der Waals surface area contributed by atoms with Gasteiger partial charge in [-0.1, -0.05) is 12.1 Å². The lowest BCUT2D eigenvalue weighted by Crippen LogP contribution is -2.12. The van der Waals surface area contributed by atoms with Crippen LogP contribution >= 0.6 is 0 Å². The highest BCUT2D eigenvalue weighted by atomic mass is 19.1. The molecule has 1 fully saturated rings. The topological polar surface area (TPSA) is 46.2 Å². The van der Waals surface area contributed by atoms with Crippen LogP contribution in [-0.4, -0.2) is 5.11 Å². The first-order valence-electron chi connectivity index (χ1n) is 4.87. The lowest BCUT2D eigenvalue weighted by molar-refractivity contribution is 0.275. The van der Waals surface area contributed by atoms with Gasteiger partial charge in [-0.15, -0.1) is 0 Å². The summed E-state index contributed by atoms with van der Waals surface area (Å²) < 4.78 is 13.3. The Kier molecular flexibility index (Phi) is 2.52. The molecule has 1 aliphatic rings. The lowest BCUT2D eigenvalue weighted by Gasteiger charge is -2.11. The van der Waals surface area contributed by atoms with E-state index in [1.54, 1.807) is 12.1 Å². The molecule has 1 saturated carbocycles. The smallest absolute Gasteiger partial charge is 0.129 e. The summed E-state index contributed by atoms with van der Waals surface area (Å²) in [5, 5.41) is 8.80. The Morgan fingerprint density at radius 3 is 2.71 bits per heavy atom. The fourth-order valence-electron chi connectivity index (χ4n) is 1.63. The van der Waals surface area contributed by atoms with E-state index in [0.717, 1.165) is 18.4 Å². The van der Waals surface area contributed by atoms with Crippen molar-refractivity contribution >= 4 is 0 Å². The summed E-state index contributed by atoms with van der Waals surface area (Å²) in [6, 6.07) is 4.80. The molecular weight excluding hydrogens is 181 g/mol. The van der Waals surface area contributed by atoms with Gasteiger partial charge < -0.3 is 10.8 Å². The third-order valence-corrected chi connectivity index (χ3v) is 2.76. The van der Waals surface area contributed by atoms with E-state index in [1.165, 1.54) is 6.07 Å². The summed E-state index contributed by atoms with van der Waals surface area (Å²) in [4.78, 5) is 0. The van der Waals surface area contributed by atoms with Gasteiger partial charge in [-0.2, -0.15) is 0 Å². The van der Waals surface area contributed by atoms with Crippen molar-refractivity contribution in [2.45, 2.75) is 25.5 Å². The molecule has 0 heterocycles. The second-order valence-electron chi connectivity index (χ2n) is 3.87. The Balaban J connectivity index is 2.22. The van der Waals surface area contributed by atoms with Crippen LogP contribution in [-0.2, 0) is 6.61 Å². The Labute approximate surface area is 82.5 Å². The van der Waals surface area contributed by atoms with Gasteiger partial charge in [0.25, 0.3) is 0 Å². The highest BCUT2D eigenvalue weighted by Crippen LogP contribution is 2.39. The maximum absolute atomic E-state index is 13.3. The first-order valence-corrected chi connectivity index (χ1v) is 4.87.